The third kappa shape index (κ3) is 2.86. The number of hydrogen-bond donors (Lipinski definition) is 1. The van der Waals surface area contributed by atoms with Crippen LogP contribution in [0.25, 0.3) is 10.2 Å². The number of nitrogens with zero attached hydrogens (tertiary/aromatic N) is 1. The van der Waals surface area contributed by atoms with E-state index in [1.54, 1.807) is 17.4 Å². The topological polar surface area (TPSA) is 38.9 Å². The fourth-order valence-electron chi connectivity index (χ4n) is 2.20. The lowest BCUT2D eigenvalue weighted by Gasteiger charge is -2.10. The molecule has 1 unspecified atom stereocenters. The fraction of sp³-hybridized carbons (Fsp3) is 0.188. The predicted molar refractivity (Wildman–Crippen MR) is 81.3 cm³/mol. The maximum absolute atomic E-state index is 13.1. The second-order valence-corrected chi connectivity index (χ2v) is 5.89. The van der Waals surface area contributed by atoms with Crippen molar-refractivity contribution in [3.05, 3.63) is 64.9 Å². The molecule has 0 amide bonds. The summed E-state index contributed by atoms with van der Waals surface area (Å²) in [5, 5.41) is 1.01. The summed E-state index contributed by atoms with van der Waals surface area (Å²) in [4.78, 5) is 4.52. The number of benzene rings is 2. The second kappa shape index (κ2) is 5.69. The Labute approximate surface area is 121 Å². The molecule has 20 heavy (non-hydrogen) atoms. The van der Waals surface area contributed by atoms with Crippen LogP contribution in [0.1, 0.15) is 23.0 Å². The van der Waals surface area contributed by atoms with E-state index in [1.807, 2.05) is 30.3 Å². The molecule has 0 saturated heterocycles. The van der Waals surface area contributed by atoms with Gasteiger partial charge in [-0.3, -0.25) is 0 Å². The van der Waals surface area contributed by atoms with Crippen LogP contribution >= 0.6 is 11.3 Å². The van der Waals surface area contributed by atoms with E-state index >= 15 is 0 Å². The number of halogens is 1. The highest BCUT2D eigenvalue weighted by Gasteiger charge is 2.09. The molecule has 0 spiro atoms. The second-order valence-electron chi connectivity index (χ2n) is 4.78. The van der Waals surface area contributed by atoms with E-state index in [1.165, 1.54) is 12.1 Å². The summed E-state index contributed by atoms with van der Waals surface area (Å²) in [6, 6.07) is 14.8. The van der Waals surface area contributed by atoms with E-state index in [0.717, 1.165) is 33.6 Å². The average Bonchev–Trinajstić information content (AvgIpc) is 2.87. The van der Waals surface area contributed by atoms with Gasteiger partial charge in [0.25, 0.3) is 0 Å². The first kappa shape index (κ1) is 13.2. The quantitative estimate of drug-likeness (QED) is 0.785. The first-order chi connectivity index (χ1) is 9.72. The van der Waals surface area contributed by atoms with Gasteiger partial charge >= 0.3 is 0 Å². The lowest BCUT2D eigenvalue weighted by Crippen LogP contribution is -2.10. The molecule has 0 fully saturated rings. The van der Waals surface area contributed by atoms with Crippen LogP contribution in [-0.2, 0) is 6.42 Å². The van der Waals surface area contributed by atoms with Gasteiger partial charge in [0.2, 0.25) is 0 Å². The van der Waals surface area contributed by atoms with Crippen LogP contribution in [0.3, 0.4) is 0 Å². The van der Waals surface area contributed by atoms with Crippen molar-refractivity contribution in [2.75, 3.05) is 0 Å². The monoisotopic (exact) mass is 286 g/mol. The summed E-state index contributed by atoms with van der Waals surface area (Å²) >= 11 is 1.54. The zero-order valence-electron chi connectivity index (χ0n) is 10.9. The number of aryl methyl sites for hydroxylation is 1. The van der Waals surface area contributed by atoms with Crippen LogP contribution in [0.2, 0.25) is 0 Å². The Morgan fingerprint density at radius 1 is 1.15 bits per heavy atom. The molecule has 102 valence electrons. The highest BCUT2D eigenvalue weighted by atomic mass is 32.1. The van der Waals surface area contributed by atoms with E-state index in [9.17, 15) is 4.39 Å². The minimum absolute atomic E-state index is 0.0138. The molecule has 3 aromatic rings. The van der Waals surface area contributed by atoms with Crippen molar-refractivity contribution in [1.29, 1.82) is 0 Å². The van der Waals surface area contributed by atoms with Crippen molar-refractivity contribution >= 4 is 21.6 Å². The lowest BCUT2D eigenvalue weighted by atomic mass is 10.0. The van der Waals surface area contributed by atoms with Crippen molar-refractivity contribution in [3.8, 4) is 0 Å². The summed E-state index contributed by atoms with van der Waals surface area (Å²) in [6.45, 7) is 0. The minimum atomic E-state index is -0.214. The molecule has 0 aliphatic heterocycles. The van der Waals surface area contributed by atoms with Gasteiger partial charge in [0.1, 0.15) is 5.82 Å². The predicted octanol–water partition coefficient (Wildman–Crippen LogP) is 4.07. The SMILES string of the molecule is NC(CCc1nc2ccc(F)cc2s1)c1ccccc1. The summed E-state index contributed by atoms with van der Waals surface area (Å²) in [6.07, 6.45) is 1.66. The van der Waals surface area contributed by atoms with Crippen LogP contribution in [-0.4, -0.2) is 4.98 Å². The normalized spacial score (nSPS) is 12.7. The zero-order chi connectivity index (χ0) is 13.9. The molecule has 2 N–H and O–H groups in total. The Bertz CT molecular complexity index is 709. The Balaban J connectivity index is 1.71. The minimum Gasteiger partial charge on any atom is -0.324 e. The van der Waals surface area contributed by atoms with E-state index in [2.05, 4.69) is 4.98 Å². The molecule has 1 atom stereocenters. The Morgan fingerprint density at radius 2 is 1.95 bits per heavy atom. The van der Waals surface area contributed by atoms with Crippen LogP contribution in [0.5, 0.6) is 0 Å². The van der Waals surface area contributed by atoms with Crippen molar-refractivity contribution in [2.45, 2.75) is 18.9 Å². The molecule has 1 heterocycles. The third-order valence-corrected chi connectivity index (χ3v) is 4.37. The van der Waals surface area contributed by atoms with Crippen molar-refractivity contribution in [2.24, 2.45) is 5.73 Å². The first-order valence-corrected chi connectivity index (χ1v) is 7.39. The van der Waals surface area contributed by atoms with Crippen LogP contribution in [0.15, 0.2) is 48.5 Å². The van der Waals surface area contributed by atoms with E-state index in [0.29, 0.717) is 0 Å². The van der Waals surface area contributed by atoms with E-state index < -0.39 is 0 Å². The number of aromatic nitrogens is 1. The highest BCUT2D eigenvalue weighted by molar-refractivity contribution is 7.18. The maximum Gasteiger partial charge on any atom is 0.124 e. The van der Waals surface area contributed by atoms with Gasteiger partial charge in [-0.15, -0.1) is 11.3 Å². The zero-order valence-corrected chi connectivity index (χ0v) is 11.7. The van der Waals surface area contributed by atoms with Crippen molar-refractivity contribution in [1.82, 2.24) is 4.98 Å². The number of thiazole rings is 1. The molecule has 0 aliphatic carbocycles. The number of rotatable bonds is 4. The molecule has 1 aromatic heterocycles. The molecule has 0 saturated carbocycles. The van der Waals surface area contributed by atoms with Crippen LogP contribution < -0.4 is 5.73 Å². The maximum atomic E-state index is 13.1. The van der Waals surface area contributed by atoms with Gasteiger partial charge in [-0.1, -0.05) is 30.3 Å². The van der Waals surface area contributed by atoms with E-state index in [4.69, 9.17) is 5.73 Å². The molecular weight excluding hydrogens is 271 g/mol. The standard InChI is InChI=1S/C16H15FN2S/c17-12-6-8-14-15(10-12)20-16(19-14)9-7-13(18)11-4-2-1-3-5-11/h1-6,8,10,13H,7,9,18H2. The largest absolute Gasteiger partial charge is 0.324 e. The van der Waals surface area contributed by atoms with Gasteiger partial charge in [-0.05, 0) is 30.2 Å². The molecule has 3 rings (SSSR count). The van der Waals surface area contributed by atoms with Crippen LogP contribution in [0.4, 0.5) is 4.39 Å². The lowest BCUT2D eigenvalue weighted by molar-refractivity contribution is 0.630. The summed E-state index contributed by atoms with van der Waals surface area (Å²) in [5.74, 6) is -0.214. The van der Waals surface area contributed by atoms with E-state index in [-0.39, 0.29) is 11.9 Å². The van der Waals surface area contributed by atoms with Gasteiger partial charge in [0.15, 0.2) is 0 Å². The fourth-order valence-corrected chi connectivity index (χ4v) is 3.21. The van der Waals surface area contributed by atoms with Crippen molar-refractivity contribution < 1.29 is 4.39 Å². The summed E-state index contributed by atoms with van der Waals surface area (Å²) < 4.78 is 14.0. The molecule has 0 bridgehead atoms. The molecule has 4 heteroatoms. The van der Waals surface area contributed by atoms with Crippen molar-refractivity contribution in [3.63, 3.8) is 0 Å². The van der Waals surface area contributed by atoms with Gasteiger partial charge in [-0.25, -0.2) is 9.37 Å². The van der Waals surface area contributed by atoms with Gasteiger partial charge < -0.3 is 5.73 Å². The average molecular weight is 286 g/mol. The third-order valence-electron chi connectivity index (χ3n) is 3.29. The molecule has 2 nitrogen and oxygen atoms in total. The summed E-state index contributed by atoms with van der Waals surface area (Å²) in [7, 11) is 0. The van der Waals surface area contributed by atoms with Crippen LogP contribution in [0, 0.1) is 5.82 Å². The number of fused-ring (bicyclic) bond motifs is 1. The van der Waals surface area contributed by atoms with Gasteiger partial charge in [-0.2, -0.15) is 0 Å². The molecular formula is C16H15FN2S. The number of nitrogens with two attached hydrogens (primary N) is 1. The Hall–Kier alpha value is -1.78. The summed E-state index contributed by atoms with van der Waals surface area (Å²) in [5.41, 5.74) is 8.18. The molecule has 0 aliphatic rings. The Morgan fingerprint density at radius 3 is 2.75 bits per heavy atom. The Kier molecular flexibility index (Phi) is 3.76. The van der Waals surface area contributed by atoms with Gasteiger partial charge in [0, 0.05) is 12.5 Å². The highest BCUT2D eigenvalue weighted by Crippen LogP contribution is 2.25. The number of hydrogen-bond acceptors (Lipinski definition) is 3. The van der Waals surface area contributed by atoms with Gasteiger partial charge in [0.05, 0.1) is 15.2 Å². The molecule has 2 aromatic carbocycles. The molecule has 0 radical (unpaired) electrons. The smallest absolute Gasteiger partial charge is 0.124 e. The first-order valence-electron chi connectivity index (χ1n) is 6.58.